The van der Waals surface area contributed by atoms with Crippen molar-refractivity contribution < 1.29 is 24.2 Å². The second-order valence-electron chi connectivity index (χ2n) is 7.51. The van der Waals surface area contributed by atoms with Crippen molar-refractivity contribution in [3.63, 3.8) is 0 Å². The molecule has 4 N–H and O–H groups in total. The highest BCUT2D eigenvalue weighted by Gasteiger charge is 2.26. The third-order valence-electron chi connectivity index (χ3n) is 5.31. The van der Waals surface area contributed by atoms with Gasteiger partial charge in [-0.25, -0.2) is 4.39 Å². The molecule has 1 saturated heterocycles. The topological polar surface area (TPSA) is 70.5 Å². The van der Waals surface area contributed by atoms with Gasteiger partial charge in [-0.2, -0.15) is 0 Å². The summed E-state index contributed by atoms with van der Waals surface area (Å²) in [5.41, 5.74) is 1.67. The summed E-state index contributed by atoms with van der Waals surface area (Å²) in [5.74, 6) is -0.382. The van der Waals surface area contributed by atoms with E-state index in [4.69, 9.17) is 0 Å². The highest BCUT2D eigenvalue weighted by Crippen LogP contribution is 2.08. The lowest BCUT2D eigenvalue weighted by atomic mass is 10.1. The largest absolute Gasteiger partial charge is 0.333 e. The molecule has 0 unspecified atom stereocenters. The van der Waals surface area contributed by atoms with Crippen LogP contribution in [0.1, 0.15) is 18.5 Å². The van der Waals surface area contributed by atoms with Gasteiger partial charge in [-0.1, -0.05) is 36.4 Å². The maximum Gasteiger partial charge on any atom is 0.279 e. The summed E-state index contributed by atoms with van der Waals surface area (Å²) in [5, 5.41) is 4.79. The Morgan fingerprint density at radius 2 is 1.86 bits per heavy atom. The number of piperazine rings is 1. The van der Waals surface area contributed by atoms with Gasteiger partial charge in [0, 0.05) is 11.3 Å². The van der Waals surface area contributed by atoms with Gasteiger partial charge < -0.3 is 20.4 Å². The number of hydrogen-bond acceptors (Lipinski definition) is 2. The molecule has 0 spiro atoms. The molecule has 1 aliphatic heterocycles. The van der Waals surface area contributed by atoms with Crippen LogP contribution in [0.3, 0.4) is 0 Å². The third-order valence-corrected chi connectivity index (χ3v) is 5.31. The molecule has 1 atom stereocenters. The Labute approximate surface area is 170 Å². The number of carbonyl (C=O) groups excluding carboxylic acids is 2. The molecule has 6 nitrogen and oxygen atoms in total. The molecule has 29 heavy (non-hydrogen) atoms. The maximum absolute atomic E-state index is 13.2. The summed E-state index contributed by atoms with van der Waals surface area (Å²) in [4.78, 5) is 27.7. The van der Waals surface area contributed by atoms with Crippen LogP contribution in [0.25, 0.3) is 0 Å². The third kappa shape index (κ3) is 6.37. The van der Waals surface area contributed by atoms with E-state index in [9.17, 15) is 14.0 Å². The lowest BCUT2D eigenvalue weighted by molar-refractivity contribution is -0.895. The summed E-state index contributed by atoms with van der Waals surface area (Å²) in [6.07, 6.45) is 0. The van der Waals surface area contributed by atoms with Gasteiger partial charge in [0.2, 0.25) is 0 Å². The second kappa shape index (κ2) is 10.1. The van der Waals surface area contributed by atoms with Crippen LogP contribution in [0, 0.1) is 5.82 Å². The van der Waals surface area contributed by atoms with E-state index < -0.39 is 0 Å². The standard InChI is InChI=1S/C22H27FN4O2/c1-17(18-6-3-2-4-7-18)24-15-22(29)27-12-10-26(11-13-27)16-21(28)25-20-9-5-8-19(23)14-20/h2-9,14,17,24H,10-13,15-16H2,1H3,(H,25,28)/p+2/t17-/m1/s1. The van der Waals surface area contributed by atoms with Gasteiger partial charge in [-0.3, -0.25) is 9.59 Å². The van der Waals surface area contributed by atoms with Gasteiger partial charge in [0.1, 0.15) is 11.9 Å². The zero-order chi connectivity index (χ0) is 20.6. The molecule has 3 rings (SSSR count). The van der Waals surface area contributed by atoms with Crippen molar-refractivity contribution in [1.82, 2.24) is 4.90 Å². The van der Waals surface area contributed by atoms with E-state index in [0.717, 1.165) is 18.0 Å². The molecule has 1 fully saturated rings. The zero-order valence-corrected chi connectivity index (χ0v) is 16.7. The van der Waals surface area contributed by atoms with Crippen LogP contribution < -0.4 is 15.5 Å². The molecule has 0 aliphatic carbocycles. The minimum absolute atomic E-state index is 0.135. The van der Waals surface area contributed by atoms with Gasteiger partial charge in [0.05, 0.1) is 26.2 Å². The number of halogens is 1. The number of quaternary nitrogens is 2. The van der Waals surface area contributed by atoms with E-state index in [1.165, 1.54) is 17.7 Å². The fourth-order valence-corrected chi connectivity index (χ4v) is 3.55. The normalized spacial score (nSPS) is 15.7. The van der Waals surface area contributed by atoms with E-state index in [-0.39, 0.29) is 23.7 Å². The molecule has 1 aliphatic rings. The number of anilines is 1. The number of benzene rings is 2. The molecule has 0 saturated carbocycles. The fourth-order valence-electron chi connectivity index (χ4n) is 3.55. The average Bonchev–Trinajstić information content (AvgIpc) is 2.73. The summed E-state index contributed by atoms with van der Waals surface area (Å²) >= 11 is 0. The van der Waals surface area contributed by atoms with E-state index in [0.29, 0.717) is 31.9 Å². The van der Waals surface area contributed by atoms with Gasteiger partial charge in [-0.15, -0.1) is 0 Å². The summed E-state index contributed by atoms with van der Waals surface area (Å²) in [7, 11) is 0. The predicted octanol–water partition coefficient (Wildman–Crippen LogP) is -0.184. The van der Waals surface area contributed by atoms with Crippen molar-refractivity contribution in [3.8, 4) is 0 Å². The van der Waals surface area contributed by atoms with Crippen LogP contribution in [-0.4, -0.2) is 56.0 Å². The first-order valence-corrected chi connectivity index (χ1v) is 10.1. The molecule has 1 heterocycles. The molecule has 2 aromatic rings. The molecular formula is C22H29FN4O2+2. The Morgan fingerprint density at radius 3 is 2.55 bits per heavy atom. The number of nitrogens with zero attached hydrogens (tertiary/aromatic N) is 1. The monoisotopic (exact) mass is 400 g/mol. The lowest BCUT2D eigenvalue weighted by Gasteiger charge is -2.31. The highest BCUT2D eigenvalue weighted by atomic mass is 19.1. The van der Waals surface area contributed by atoms with Crippen molar-refractivity contribution in [1.29, 1.82) is 0 Å². The lowest BCUT2D eigenvalue weighted by Crippen LogP contribution is -3.15. The summed E-state index contributed by atoms with van der Waals surface area (Å²) in [6.45, 7) is 5.60. The van der Waals surface area contributed by atoms with Crippen LogP contribution in [0.15, 0.2) is 54.6 Å². The van der Waals surface area contributed by atoms with Gasteiger partial charge in [0.25, 0.3) is 11.8 Å². The molecule has 0 aromatic heterocycles. The molecule has 2 amide bonds. The summed E-state index contributed by atoms with van der Waals surface area (Å²) in [6, 6.07) is 16.3. The molecular weight excluding hydrogens is 371 g/mol. The van der Waals surface area contributed by atoms with Crippen molar-refractivity contribution in [2.75, 3.05) is 44.6 Å². The first kappa shape index (κ1) is 21.0. The first-order valence-electron chi connectivity index (χ1n) is 10.1. The Bertz CT molecular complexity index is 823. The smallest absolute Gasteiger partial charge is 0.279 e. The van der Waals surface area contributed by atoms with Gasteiger partial charge in [-0.05, 0) is 25.1 Å². The quantitative estimate of drug-likeness (QED) is 0.603. The van der Waals surface area contributed by atoms with E-state index in [1.54, 1.807) is 12.1 Å². The minimum atomic E-state index is -0.374. The minimum Gasteiger partial charge on any atom is -0.333 e. The van der Waals surface area contributed by atoms with Crippen LogP contribution in [0.2, 0.25) is 0 Å². The maximum atomic E-state index is 13.2. The predicted molar refractivity (Wildman–Crippen MR) is 109 cm³/mol. The number of hydrogen-bond donors (Lipinski definition) is 3. The van der Waals surface area contributed by atoms with E-state index in [2.05, 4.69) is 29.7 Å². The number of nitrogens with one attached hydrogen (secondary N) is 2. The van der Waals surface area contributed by atoms with E-state index >= 15 is 0 Å². The second-order valence-corrected chi connectivity index (χ2v) is 7.51. The number of amides is 2. The number of carbonyl (C=O) groups is 2. The SMILES string of the molecule is C[C@@H]([NH2+]CC(=O)N1CC[NH+](CC(=O)Nc2cccc(F)c2)CC1)c1ccccc1. The first-order chi connectivity index (χ1) is 14.0. The van der Waals surface area contributed by atoms with Crippen LogP contribution >= 0.6 is 0 Å². The van der Waals surface area contributed by atoms with Gasteiger partial charge in [0.15, 0.2) is 13.1 Å². The van der Waals surface area contributed by atoms with E-state index in [1.807, 2.05) is 23.1 Å². The Hall–Kier alpha value is -2.77. The molecule has 0 radical (unpaired) electrons. The fraction of sp³-hybridized carbons (Fsp3) is 0.364. The van der Waals surface area contributed by atoms with Crippen LogP contribution in [0.5, 0.6) is 0 Å². The van der Waals surface area contributed by atoms with Crippen molar-refractivity contribution in [2.24, 2.45) is 0 Å². The molecule has 7 heteroatoms. The average molecular weight is 400 g/mol. The molecule has 2 aromatic carbocycles. The highest BCUT2D eigenvalue weighted by molar-refractivity contribution is 5.91. The van der Waals surface area contributed by atoms with Crippen molar-refractivity contribution in [2.45, 2.75) is 13.0 Å². The summed E-state index contributed by atoms with van der Waals surface area (Å²) < 4.78 is 13.2. The number of rotatable bonds is 7. The van der Waals surface area contributed by atoms with Crippen LogP contribution in [-0.2, 0) is 9.59 Å². The molecule has 0 bridgehead atoms. The Morgan fingerprint density at radius 1 is 1.14 bits per heavy atom. The van der Waals surface area contributed by atoms with Crippen LogP contribution in [0.4, 0.5) is 10.1 Å². The van der Waals surface area contributed by atoms with Gasteiger partial charge >= 0.3 is 0 Å². The van der Waals surface area contributed by atoms with Crippen molar-refractivity contribution >= 4 is 17.5 Å². The Balaban J connectivity index is 1.38. The molecule has 154 valence electrons. The Kier molecular flexibility index (Phi) is 7.32. The zero-order valence-electron chi connectivity index (χ0n) is 16.7. The number of nitrogens with two attached hydrogens (primary N) is 1. The van der Waals surface area contributed by atoms with Crippen molar-refractivity contribution in [3.05, 3.63) is 66.0 Å².